The summed E-state index contributed by atoms with van der Waals surface area (Å²) in [4.78, 5) is 15.5. The second-order valence-electron chi connectivity index (χ2n) is 7.36. The van der Waals surface area contributed by atoms with Crippen LogP contribution in [0.4, 0.5) is 0 Å². The highest BCUT2D eigenvalue weighted by molar-refractivity contribution is 6.12. The standard InChI is InChI=1S/C22H26N2O.C2H6/c1-4-12-23(15(2)3)14-17-10-11-19-20(22(17)25)18-9-5-7-16-8-6-13-24(19)21(16)18;1-2/h4-5,7,9,12,17H,2,6,8,10-11,13-14H2,1,3H3;1-2H3/b12-4-;. The van der Waals surface area contributed by atoms with Crippen LogP contribution >= 0.6 is 0 Å². The Morgan fingerprint density at radius 3 is 2.81 bits per heavy atom. The number of rotatable bonds is 4. The maximum Gasteiger partial charge on any atom is 0.170 e. The minimum Gasteiger partial charge on any atom is -0.352 e. The molecule has 1 unspecified atom stereocenters. The van der Waals surface area contributed by atoms with E-state index in [1.54, 1.807) is 0 Å². The molecule has 144 valence electrons. The van der Waals surface area contributed by atoms with Gasteiger partial charge in [-0.3, -0.25) is 4.79 Å². The molecule has 0 saturated heterocycles. The third kappa shape index (κ3) is 3.36. The molecule has 1 aliphatic heterocycles. The van der Waals surface area contributed by atoms with E-state index in [0.29, 0.717) is 5.78 Å². The van der Waals surface area contributed by atoms with Crippen molar-refractivity contribution in [1.29, 1.82) is 0 Å². The number of allylic oxidation sites excluding steroid dienone is 2. The molecule has 1 aromatic carbocycles. The van der Waals surface area contributed by atoms with Gasteiger partial charge < -0.3 is 9.47 Å². The van der Waals surface area contributed by atoms with E-state index in [4.69, 9.17) is 0 Å². The van der Waals surface area contributed by atoms with Crippen molar-refractivity contribution in [1.82, 2.24) is 9.47 Å². The van der Waals surface area contributed by atoms with E-state index < -0.39 is 0 Å². The smallest absolute Gasteiger partial charge is 0.170 e. The SMILES string of the molecule is C=C(C)N(/C=C\C)CC1CCc2c(c3cccc4c3n2CCC4)C1=O.CC. The summed E-state index contributed by atoms with van der Waals surface area (Å²) in [5.41, 5.74) is 5.98. The zero-order valence-electron chi connectivity index (χ0n) is 17.2. The third-order valence-corrected chi connectivity index (χ3v) is 5.68. The summed E-state index contributed by atoms with van der Waals surface area (Å²) in [6.45, 7) is 13.8. The number of hydrogen-bond donors (Lipinski definition) is 0. The van der Waals surface area contributed by atoms with Gasteiger partial charge in [0.2, 0.25) is 0 Å². The monoisotopic (exact) mass is 364 g/mol. The van der Waals surface area contributed by atoms with Crippen molar-refractivity contribution in [3.05, 3.63) is 59.6 Å². The van der Waals surface area contributed by atoms with Crippen molar-refractivity contribution in [3.63, 3.8) is 0 Å². The second kappa shape index (κ2) is 8.16. The predicted molar refractivity (Wildman–Crippen MR) is 114 cm³/mol. The van der Waals surface area contributed by atoms with E-state index in [-0.39, 0.29) is 5.92 Å². The van der Waals surface area contributed by atoms with Crippen LogP contribution in [0, 0.1) is 5.92 Å². The van der Waals surface area contributed by atoms with E-state index in [2.05, 4.69) is 34.2 Å². The van der Waals surface area contributed by atoms with Crippen molar-refractivity contribution >= 4 is 16.7 Å². The number of benzene rings is 1. The van der Waals surface area contributed by atoms with Crippen molar-refractivity contribution in [3.8, 4) is 0 Å². The van der Waals surface area contributed by atoms with Gasteiger partial charge in [0.05, 0.1) is 5.52 Å². The van der Waals surface area contributed by atoms with E-state index in [1.165, 1.54) is 28.6 Å². The molecule has 3 nitrogen and oxygen atoms in total. The van der Waals surface area contributed by atoms with Crippen LogP contribution in [0.2, 0.25) is 0 Å². The number of fused-ring (bicyclic) bond motifs is 3. The molecular weight excluding hydrogens is 332 g/mol. The molecule has 1 aliphatic carbocycles. The summed E-state index contributed by atoms with van der Waals surface area (Å²) in [7, 11) is 0. The molecule has 0 bridgehead atoms. The molecule has 2 aliphatic rings. The van der Waals surface area contributed by atoms with Gasteiger partial charge in [0, 0.05) is 41.3 Å². The van der Waals surface area contributed by atoms with Gasteiger partial charge in [-0.1, -0.05) is 44.7 Å². The van der Waals surface area contributed by atoms with Crippen LogP contribution in [-0.4, -0.2) is 21.8 Å². The Kier molecular flexibility index (Phi) is 5.88. The Morgan fingerprint density at radius 2 is 2.11 bits per heavy atom. The van der Waals surface area contributed by atoms with Gasteiger partial charge in [0.1, 0.15) is 0 Å². The number of ketones is 1. The van der Waals surface area contributed by atoms with Crippen molar-refractivity contribution < 1.29 is 4.79 Å². The van der Waals surface area contributed by atoms with Crippen molar-refractivity contribution in [2.75, 3.05) is 6.54 Å². The number of nitrogens with zero attached hydrogens (tertiary/aromatic N) is 2. The Hall–Kier alpha value is -2.29. The first kappa shape index (κ1) is 19.5. The molecule has 0 amide bonds. The summed E-state index contributed by atoms with van der Waals surface area (Å²) < 4.78 is 2.43. The minimum absolute atomic E-state index is 0.0452. The molecule has 0 spiro atoms. The zero-order chi connectivity index (χ0) is 19.6. The molecular formula is C24H32N2O. The van der Waals surface area contributed by atoms with Gasteiger partial charge in [0.15, 0.2) is 5.78 Å². The Bertz CT molecular complexity index is 887. The van der Waals surface area contributed by atoms with E-state index in [0.717, 1.165) is 43.6 Å². The van der Waals surface area contributed by atoms with Crippen LogP contribution in [0.3, 0.4) is 0 Å². The number of hydrogen-bond acceptors (Lipinski definition) is 2. The number of Topliss-reactive ketones (excluding diaryl/α,β-unsaturated/α-hetero) is 1. The van der Waals surface area contributed by atoms with Crippen LogP contribution in [0.15, 0.2) is 42.8 Å². The fourth-order valence-corrected chi connectivity index (χ4v) is 4.53. The average Bonchev–Trinajstić information content (AvgIpc) is 3.02. The van der Waals surface area contributed by atoms with Gasteiger partial charge in [-0.2, -0.15) is 0 Å². The highest BCUT2D eigenvalue weighted by atomic mass is 16.1. The van der Waals surface area contributed by atoms with Gasteiger partial charge in [-0.05, 0) is 51.3 Å². The van der Waals surface area contributed by atoms with Gasteiger partial charge >= 0.3 is 0 Å². The number of aromatic nitrogens is 1. The van der Waals surface area contributed by atoms with Crippen LogP contribution in [0.5, 0.6) is 0 Å². The lowest BCUT2D eigenvalue weighted by Gasteiger charge is -2.29. The summed E-state index contributed by atoms with van der Waals surface area (Å²) in [5.74, 6) is 0.365. The first-order chi connectivity index (χ1) is 13.1. The largest absolute Gasteiger partial charge is 0.352 e. The number of aryl methyl sites for hydroxylation is 2. The van der Waals surface area contributed by atoms with Crippen LogP contribution in [-0.2, 0) is 19.4 Å². The first-order valence-corrected chi connectivity index (χ1v) is 10.3. The van der Waals surface area contributed by atoms with E-state index in [1.807, 2.05) is 40.0 Å². The average molecular weight is 365 g/mol. The maximum absolute atomic E-state index is 13.4. The number of para-hydroxylation sites is 1. The number of carbonyl (C=O) groups excluding carboxylic acids is 1. The summed E-state index contributed by atoms with van der Waals surface area (Å²) >= 11 is 0. The fourth-order valence-electron chi connectivity index (χ4n) is 4.53. The van der Waals surface area contributed by atoms with Crippen molar-refractivity contribution in [2.45, 2.75) is 59.9 Å². The van der Waals surface area contributed by atoms with E-state index in [9.17, 15) is 4.79 Å². The molecule has 4 rings (SSSR count). The second-order valence-corrected chi connectivity index (χ2v) is 7.36. The topological polar surface area (TPSA) is 25.2 Å². The van der Waals surface area contributed by atoms with Crippen LogP contribution in [0.25, 0.3) is 10.9 Å². The molecule has 1 aromatic heterocycles. The molecule has 0 N–H and O–H groups in total. The minimum atomic E-state index is 0.0452. The summed E-state index contributed by atoms with van der Waals surface area (Å²) in [6, 6.07) is 6.48. The molecule has 0 saturated carbocycles. The van der Waals surface area contributed by atoms with E-state index >= 15 is 0 Å². The number of carbonyl (C=O) groups is 1. The van der Waals surface area contributed by atoms with Crippen LogP contribution < -0.4 is 0 Å². The normalized spacial score (nSPS) is 18.2. The Balaban J connectivity index is 0.00000102. The molecule has 27 heavy (non-hydrogen) atoms. The third-order valence-electron chi connectivity index (χ3n) is 5.68. The first-order valence-electron chi connectivity index (χ1n) is 10.3. The van der Waals surface area contributed by atoms with Crippen molar-refractivity contribution in [2.24, 2.45) is 5.92 Å². The molecule has 2 aromatic rings. The van der Waals surface area contributed by atoms with Crippen LogP contribution in [0.1, 0.15) is 62.2 Å². The van der Waals surface area contributed by atoms with Gasteiger partial charge in [0.25, 0.3) is 0 Å². The summed E-state index contributed by atoms with van der Waals surface area (Å²) in [6.07, 6.45) is 8.27. The lowest BCUT2D eigenvalue weighted by atomic mass is 9.84. The molecule has 3 heteroatoms. The van der Waals surface area contributed by atoms with Gasteiger partial charge in [-0.25, -0.2) is 0 Å². The van der Waals surface area contributed by atoms with Gasteiger partial charge in [-0.15, -0.1) is 0 Å². The lowest BCUT2D eigenvalue weighted by Crippen LogP contribution is -2.32. The molecule has 0 radical (unpaired) electrons. The highest BCUT2D eigenvalue weighted by Gasteiger charge is 2.34. The fraction of sp³-hybridized carbons (Fsp3) is 0.458. The quantitative estimate of drug-likeness (QED) is 0.692. The Labute approximate surface area is 163 Å². The zero-order valence-corrected chi connectivity index (χ0v) is 17.2. The lowest BCUT2D eigenvalue weighted by molar-refractivity contribution is 0.0885. The molecule has 1 atom stereocenters. The molecule has 0 fully saturated rings. The summed E-state index contributed by atoms with van der Waals surface area (Å²) in [5, 5.41) is 1.18. The predicted octanol–water partition coefficient (Wildman–Crippen LogP) is 5.73. The Morgan fingerprint density at radius 1 is 1.33 bits per heavy atom. The highest BCUT2D eigenvalue weighted by Crippen LogP contribution is 2.38. The maximum atomic E-state index is 13.4. The molecule has 2 heterocycles.